The first-order valence-corrected chi connectivity index (χ1v) is 10.8. The average Bonchev–Trinajstić information content (AvgIpc) is 2.89. The zero-order valence-corrected chi connectivity index (χ0v) is 17.5. The number of hydrogen-bond donors (Lipinski definition) is 1. The lowest BCUT2D eigenvalue weighted by molar-refractivity contribution is -0.135. The van der Waals surface area contributed by atoms with Crippen molar-refractivity contribution in [2.75, 3.05) is 44.9 Å². The van der Waals surface area contributed by atoms with Gasteiger partial charge in [0.25, 0.3) is 5.91 Å². The summed E-state index contributed by atoms with van der Waals surface area (Å²) < 4.78 is 5.25. The van der Waals surface area contributed by atoms with Crippen molar-refractivity contribution < 1.29 is 14.3 Å². The van der Waals surface area contributed by atoms with E-state index in [4.69, 9.17) is 4.74 Å². The van der Waals surface area contributed by atoms with Gasteiger partial charge in [0.15, 0.2) is 0 Å². The molecule has 0 bridgehead atoms. The van der Waals surface area contributed by atoms with E-state index in [9.17, 15) is 9.59 Å². The normalized spacial score (nSPS) is 28.6. The average molecular weight is 401 g/mol. The minimum Gasteiger partial charge on any atom is -0.497 e. The molecule has 0 aromatic heterocycles. The smallest absolute Gasteiger partial charge is 0.326 e. The lowest BCUT2D eigenvalue weighted by Crippen LogP contribution is -2.54. The molecular formula is C22H32N4O3. The summed E-state index contributed by atoms with van der Waals surface area (Å²) >= 11 is 0. The van der Waals surface area contributed by atoms with Crippen molar-refractivity contribution >= 4 is 17.6 Å². The quantitative estimate of drug-likeness (QED) is 0.788. The van der Waals surface area contributed by atoms with Crippen molar-refractivity contribution in [2.45, 2.75) is 44.6 Å². The number of benzene rings is 1. The second-order valence-corrected chi connectivity index (χ2v) is 8.58. The molecule has 1 aromatic rings. The van der Waals surface area contributed by atoms with Crippen LogP contribution in [0.2, 0.25) is 0 Å². The number of imide groups is 1. The summed E-state index contributed by atoms with van der Waals surface area (Å²) in [6, 6.07) is 7.91. The molecule has 7 nitrogen and oxygen atoms in total. The number of nitrogens with one attached hydrogen (secondary N) is 1. The Kier molecular flexibility index (Phi) is 5.67. The minimum atomic E-state index is -0.670. The van der Waals surface area contributed by atoms with E-state index in [0.717, 1.165) is 64.0 Å². The Morgan fingerprint density at radius 1 is 1.07 bits per heavy atom. The molecule has 2 heterocycles. The highest BCUT2D eigenvalue weighted by Gasteiger charge is 2.55. The summed E-state index contributed by atoms with van der Waals surface area (Å²) in [5, 5.41) is 3.06. The molecule has 1 aliphatic carbocycles. The molecule has 1 spiro atoms. The van der Waals surface area contributed by atoms with Crippen LogP contribution in [0.4, 0.5) is 10.5 Å². The first-order valence-electron chi connectivity index (χ1n) is 10.8. The van der Waals surface area contributed by atoms with E-state index in [1.165, 1.54) is 10.6 Å². The van der Waals surface area contributed by atoms with Gasteiger partial charge in [-0.3, -0.25) is 9.69 Å². The standard InChI is InChI=1S/C22H32N4O3/c1-17-6-3-4-11-22(17)20(27)26(21(28)23-22)16-24-12-5-13-25(15-14-24)18-7-9-19(29-2)10-8-18/h7-10,17H,3-6,11-16H2,1-2H3,(H,23,28)/t17-,22-/m1/s1. The number of rotatable bonds is 4. The predicted molar refractivity (Wildman–Crippen MR) is 112 cm³/mol. The topological polar surface area (TPSA) is 65.1 Å². The van der Waals surface area contributed by atoms with Crippen LogP contribution in [0.15, 0.2) is 24.3 Å². The maximum Gasteiger partial charge on any atom is 0.326 e. The third-order valence-electron chi connectivity index (χ3n) is 6.87. The highest BCUT2D eigenvalue weighted by Crippen LogP contribution is 2.38. The van der Waals surface area contributed by atoms with Gasteiger partial charge in [-0.15, -0.1) is 0 Å². The second kappa shape index (κ2) is 8.22. The molecule has 3 amide bonds. The first-order chi connectivity index (χ1) is 14.0. The Balaban J connectivity index is 1.38. The van der Waals surface area contributed by atoms with Gasteiger partial charge in [-0.05, 0) is 49.4 Å². The molecule has 0 radical (unpaired) electrons. The summed E-state index contributed by atoms with van der Waals surface area (Å²) in [6.07, 6.45) is 4.90. The van der Waals surface area contributed by atoms with E-state index in [0.29, 0.717) is 6.67 Å². The van der Waals surface area contributed by atoms with E-state index in [-0.39, 0.29) is 17.9 Å². The van der Waals surface area contributed by atoms with Crippen LogP contribution in [0.3, 0.4) is 0 Å². The van der Waals surface area contributed by atoms with Gasteiger partial charge in [0.1, 0.15) is 11.3 Å². The number of carbonyl (C=O) groups is 2. The summed E-state index contributed by atoms with van der Waals surface area (Å²) in [7, 11) is 1.67. The van der Waals surface area contributed by atoms with Crippen LogP contribution < -0.4 is 15.0 Å². The Morgan fingerprint density at radius 3 is 2.59 bits per heavy atom. The van der Waals surface area contributed by atoms with E-state index in [1.807, 2.05) is 12.1 Å². The SMILES string of the molecule is COc1ccc(N2CCCN(CN3C(=O)N[C@@]4(CCCC[C@H]4C)C3=O)CC2)cc1. The van der Waals surface area contributed by atoms with Crippen molar-refractivity contribution in [3.8, 4) is 5.75 Å². The van der Waals surface area contributed by atoms with Crippen LogP contribution in [0.5, 0.6) is 5.75 Å². The molecule has 2 aliphatic heterocycles. The van der Waals surface area contributed by atoms with E-state index >= 15 is 0 Å². The monoisotopic (exact) mass is 400 g/mol. The first kappa shape index (κ1) is 20.0. The molecule has 0 unspecified atom stereocenters. The molecular weight excluding hydrogens is 368 g/mol. The van der Waals surface area contributed by atoms with Crippen molar-refractivity contribution in [3.05, 3.63) is 24.3 Å². The molecule has 7 heteroatoms. The number of carbonyl (C=O) groups excluding carboxylic acids is 2. The lowest BCUT2D eigenvalue weighted by Gasteiger charge is -2.37. The molecule has 29 heavy (non-hydrogen) atoms. The Labute approximate surface area is 173 Å². The fraction of sp³-hybridized carbons (Fsp3) is 0.636. The van der Waals surface area contributed by atoms with Gasteiger partial charge in [-0.25, -0.2) is 9.69 Å². The largest absolute Gasteiger partial charge is 0.497 e. The zero-order valence-electron chi connectivity index (χ0n) is 17.5. The molecule has 1 aromatic carbocycles. The second-order valence-electron chi connectivity index (χ2n) is 8.58. The summed E-state index contributed by atoms with van der Waals surface area (Å²) in [6.45, 7) is 6.02. The highest BCUT2D eigenvalue weighted by atomic mass is 16.5. The van der Waals surface area contributed by atoms with Gasteiger partial charge in [0.2, 0.25) is 0 Å². The van der Waals surface area contributed by atoms with E-state index < -0.39 is 5.54 Å². The third-order valence-corrected chi connectivity index (χ3v) is 6.87. The van der Waals surface area contributed by atoms with Crippen molar-refractivity contribution in [3.63, 3.8) is 0 Å². The number of nitrogens with zero attached hydrogens (tertiary/aromatic N) is 3. The van der Waals surface area contributed by atoms with Crippen LogP contribution in [-0.4, -0.2) is 67.2 Å². The number of amides is 3. The molecule has 2 atom stereocenters. The van der Waals surface area contributed by atoms with E-state index in [2.05, 4.69) is 34.2 Å². The fourth-order valence-corrected chi connectivity index (χ4v) is 4.99. The molecule has 2 saturated heterocycles. The Morgan fingerprint density at radius 2 is 1.86 bits per heavy atom. The Bertz CT molecular complexity index is 753. The fourth-order valence-electron chi connectivity index (χ4n) is 4.99. The van der Waals surface area contributed by atoms with Gasteiger partial charge in [0, 0.05) is 31.9 Å². The maximum atomic E-state index is 13.2. The van der Waals surface area contributed by atoms with Crippen LogP contribution in [-0.2, 0) is 4.79 Å². The van der Waals surface area contributed by atoms with Crippen LogP contribution in [0.1, 0.15) is 39.0 Å². The number of hydrogen-bond acceptors (Lipinski definition) is 5. The van der Waals surface area contributed by atoms with Crippen LogP contribution >= 0.6 is 0 Å². The van der Waals surface area contributed by atoms with Crippen molar-refractivity contribution in [1.29, 1.82) is 0 Å². The molecule has 4 rings (SSSR count). The van der Waals surface area contributed by atoms with Gasteiger partial charge in [0.05, 0.1) is 13.8 Å². The van der Waals surface area contributed by atoms with Gasteiger partial charge in [-0.1, -0.05) is 19.8 Å². The predicted octanol–water partition coefficient (Wildman–Crippen LogP) is 2.67. The minimum absolute atomic E-state index is 0.0223. The summed E-state index contributed by atoms with van der Waals surface area (Å²) in [4.78, 5) is 31.9. The highest BCUT2D eigenvalue weighted by molar-refractivity contribution is 6.07. The van der Waals surface area contributed by atoms with Crippen molar-refractivity contribution in [2.24, 2.45) is 5.92 Å². The van der Waals surface area contributed by atoms with Gasteiger partial charge >= 0.3 is 6.03 Å². The van der Waals surface area contributed by atoms with Crippen LogP contribution in [0.25, 0.3) is 0 Å². The third kappa shape index (κ3) is 3.80. The van der Waals surface area contributed by atoms with Crippen molar-refractivity contribution in [1.82, 2.24) is 15.1 Å². The molecule has 3 fully saturated rings. The molecule has 1 saturated carbocycles. The number of ether oxygens (including phenoxy) is 1. The van der Waals surface area contributed by atoms with E-state index in [1.54, 1.807) is 7.11 Å². The van der Waals surface area contributed by atoms with Gasteiger partial charge < -0.3 is 15.0 Å². The number of methoxy groups -OCH3 is 1. The number of urea groups is 1. The lowest BCUT2D eigenvalue weighted by atomic mass is 9.73. The molecule has 3 aliphatic rings. The summed E-state index contributed by atoms with van der Waals surface area (Å²) in [5.41, 5.74) is 0.508. The van der Waals surface area contributed by atoms with Crippen LogP contribution in [0, 0.1) is 5.92 Å². The molecule has 158 valence electrons. The molecule has 1 N–H and O–H groups in total. The summed E-state index contributed by atoms with van der Waals surface area (Å²) in [5.74, 6) is 1.04. The Hall–Kier alpha value is -2.28. The zero-order chi connectivity index (χ0) is 20.4. The van der Waals surface area contributed by atoms with Gasteiger partial charge in [-0.2, -0.15) is 0 Å². The number of anilines is 1. The maximum absolute atomic E-state index is 13.2.